The summed E-state index contributed by atoms with van der Waals surface area (Å²) < 4.78 is 33.8. The quantitative estimate of drug-likeness (QED) is 0.821. The number of piperidine rings is 1. The van der Waals surface area contributed by atoms with Gasteiger partial charge in [0.1, 0.15) is 12.0 Å². The van der Waals surface area contributed by atoms with Crippen molar-refractivity contribution in [2.75, 3.05) is 13.2 Å². The fourth-order valence-corrected chi connectivity index (χ4v) is 5.85. The van der Waals surface area contributed by atoms with Crippen molar-refractivity contribution in [1.29, 1.82) is 0 Å². The van der Waals surface area contributed by atoms with E-state index in [2.05, 4.69) is 0 Å². The van der Waals surface area contributed by atoms with Crippen LogP contribution in [0.2, 0.25) is 0 Å². The van der Waals surface area contributed by atoms with Gasteiger partial charge in [0.25, 0.3) is 0 Å². The van der Waals surface area contributed by atoms with Crippen LogP contribution in [0.1, 0.15) is 51.0 Å². The zero-order valence-electron chi connectivity index (χ0n) is 15.0. The Kier molecular flexibility index (Phi) is 5.32. The van der Waals surface area contributed by atoms with Gasteiger partial charge in [0.2, 0.25) is 10.0 Å². The Balaban J connectivity index is 2.02. The molecule has 1 spiro atoms. The minimum Gasteiger partial charge on any atom is -0.362 e. The van der Waals surface area contributed by atoms with Gasteiger partial charge in [-0.25, -0.2) is 8.42 Å². The highest BCUT2D eigenvalue weighted by atomic mass is 32.2. The molecule has 138 valence electrons. The van der Waals surface area contributed by atoms with Gasteiger partial charge in [-0.3, -0.25) is 4.79 Å². The first-order valence-corrected chi connectivity index (χ1v) is 10.5. The van der Waals surface area contributed by atoms with E-state index in [4.69, 9.17) is 4.74 Å². The maximum absolute atomic E-state index is 13.2. The lowest BCUT2D eigenvalue weighted by atomic mass is 9.68. The van der Waals surface area contributed by atoms with Gasteiger partial charge in [-0.05, 0) is 38.8 Å². The summed E-state index contributed by atoms with van der Waals surface area (Å²) in [5, 5.41) is 0. The van der Waals surface area contributed by atoms with E-state index in [1.165, 1.54) is 4.31 Å². The Labute approximate surface area is 150 Å². The number of carbonyl (C=O) groups excluding carboxylic acids is 1. The van der Waals surface area contributed by atoms with Crippen molar-refractivity contribution < 1.29 is 17.9 Å². The molecule has 5 nitrogen and oxygen atoms in total. The number of benzene rings is 1. The molecule has 1 atom stereocenters. The van der Waals surface area contributed by atoms with Crippen molar-refractivity contribution in [3.8, 4) is 0 Å². The Morgan fingerprint density at radius 1 is 1.16 bits per heavy atom. The highest BCUT2D eigenvalue weighted by Crippen LogP contribution is 2.48. The van der Waals surface area contributed by atoms with Crippen LogP contribution in [-0.4, -0.2) is 37.9 Å². The first kappa shape index (κ1) is 18.5. The van der Waals surface area contributed by atoms with Crippen LogP contribution in [0.3, 0.4) is 0 Å². The van der Waals surface area contributed by atoms with Crippen molar-refractivity contribution in [2.45, 2.75) is 63.5 Å². The first-order chi connectivity index (χ1) is 11.9. The van der Waals surface area contributed by atoms with Gasteiger partial charge in [-0.15, -0.1) is 0 Å². The molecule has 25 heavy (non-hydrogen) atoms. The molecule has 1 unspecified atom stereocenters. The zero-order valence-corrected chi connectivity index (χ0v) is 15.8. The topological polar surface area (TPSA) is 63.7 Å². The summed E-state index contributed by atoms with van der Waals surface area (Å²) in [5.74, 6) is -0.00598. The average molecular weight is 365 g/mol. The normalized spacial score (nSPS) is 24.6. The van der Waals surface area contributed by atoms with E-state index in [-0.39, 0.29) is 22.6 Å². The van der Waals surface area contributed by atoms with Crippen molar-refractivity contribution >= 4 is 15.8 Å². The Morgan fingerprint density at radius 3 is 2.40 bits per heavy atom. The summed E-state index contributed by atoms with van der Waals surface area (Å²) in [6, 6.07) is 6.79. The van der Waals surface area contributed by atoms with E-state index in [1.807, 2.05) is 13.8 Å². The van der Waals surface area contributed by atoms with Crippen molar-refractivity contribution in [3.05, 3.63) is 29.8 Å². The van der Waals surface area contributed by atoms with Crippen molar-refractivity contribution in [1.82, 2.24) is 4.31 Å². The van der Waals surface area contributed by atoms with E-state index in [1.54, 1.807) is 24.3 Å². The second kappa shape index (κ2) is 7.17. The van der Waals surface area contributed by atoms with Crippen molar-refractivity contribution in [2.24, 2.45) is 5.41 Å². The van der Waals surface area contributed by atoms with Gasteiger partial charge < -0.3 is 4.74 Å². The summed E-state index contributed by atoms with van der Waals surface area (Å²) in [5.41, 5.74) is 0.625. The van der Waals surface area contributed by atoms with Gasteiger partial charge in [0, 0.05) is 18.4 Å². The van der Waals surface area contributed by atoms with Crippen molar-refractivity contribution in [3.63, 3.8) is 0 Å². The number of hydrogen-bond acceptors (Lipinski definition) is 4. The molecule has 2 fully saturated rings. The zero-order chi connectivity index (χ0) is 18.1. The first-order valence-electron chi connectivity index (χ1n) is 9.11. The second-order valence-corrected chi connectivity index (χ2v) is 9.20. The van der Waals surface area contributed by atoms with Crippen LogP contribution in [-0.2, 0) is 19.6 Å². The predicted molar refractivity (Wildman–Crippen MR) is 95.6 cm³/mol. The van der Waals surface area contributed by atoms with Crippen LogP contribution in [0.25, 0.3) is 0 Å². The molecule has 6 heteroatoms. The van der Waals surface area contributed by atoms with E-state index in [0.717, 1.165) is 37.7 Å². The number of carbonyl (C=O) groups is 1. The van der Waals surface area contributed by atoms with E-state index < -0.39 is 16.3 Å². The molecule has 1 aromatic carbocycles. The average Bonchev–Trinajstić information content (AvgIpc) is 2.58. The van der Waals surface area contributed by atoms with Gasteiger partial charge in [0.15, 0.2) is 0 Å². The molecule has 0 aromatic heterocycles. The number of ether oxygens (including phenoxy) is 1. The fourth-order valence-electron chi connectivity index (χ4n) is 4.25. The van der Waals surface area contributed by atoms with Crippen LogP contribution in [0.5, 0.6) is 0 Å². The molecule has 1 aromatic rings. The summed E-state index contributed by atoms with van der Waals surface area (Å²) >= 11 is 0. The third kappa shape index (κ3) is 3.52. The smallest absolute Gasteiger partial charge is 0.245 e. The summed E-state index contributed by atoms with van der Waals surface area (Å²) in [7, 11) is -3.77. The Bertz CT molecular complexity index is 720. The number of rotatable bonds is 4. The van der Waals surface area contributed by atoms with Gasteiger partial charge in [-0.1, -0.05) is 37.0 Å². The number of hydrogen-bond donors (Lipinski definition) is 0. The van der Waals surface area contributed by atoms with Crippen LogP contribution in [0.15, 0.2) is 29.2 Å². The number of nitrogens with zero attached hydrogens (tertiary/aromatic N) is 1. The molecule has 1 aliphatic carbocycles. The molecule has 3 rings (SSSR count). The monoisotopic (exact) mass is 365 g/mol. The largest absolute Gasteiger partial charge is 0.362 e. The van der Waals surface area contributed by atoms with E-state index >= 15 is 0 Å². The minimum absolute atomic E-state index is 0.00598. The molecule has 1 heterocycles. The molecule has 0 N–H and O–H groups in total. The second-order valence-electron chi connectivity index (χ2n) is 7.31. The molecular formula is C19H27NO4S. The molecule has 0 amide bonds. The Morgan fingerprint density at radius 2 is 1.80 bits per heavy atom. The number of ketones is 1. The lowest BCUT2D eigenvalue weighted by Crippen LogP contribution is -2.59. The standard InChI is InChI=1S/C19H27NO4S/c1-3-24-18-19(11-5-4-6-12-19)13-16(21)14-20(18)25(22,23)17-9-7-15(2)8-10-17/h7-10,18H,3-6,11-14H2,1-2H3. The third-order valence-corrected chi connectivity index (χ3v) is 7.27. The van der Waals surface area contributed by atoms with Crippen LogP contribution in [0.4, 0.5) is 0 Å². The minimum atomic E-state index is -3.77. The highest BCUT2D eigenvalue weighted by Gasteiger charge is 2.52. The molecule has 0 radical (unpaired) electrons. The summed E-state index contributed by atoms with van der Waals surface area (Å²) in [4.78, 5) is 12.7. The van der Waals surface area contributed by atoms with E-state index in [9.17, 15) is 13.2 Å². The Hall–Kier alpha value is -1.24. The molecule has 1 saturated heterocycles. The highest BCUT2D eigenvalue weighted by molar-refractivity contribution is 7.89. The predicted octanol–water partition coefficient (Wildman–Crippen LogP) is 3.27. The number of Topliss-reactive ketones (excluding diaryl/α,β-unsaturated/α-hetero) is 1. The van der Waals surface area contributed by atoms with Gasteiger partial charge >= 0.3 is 0 Å². The lowest BCUT2D eigenvalue weighted by Gasteiger charge is -2.49. The SMILES string of the molecule is CCOC1N(S(=O)(=O)c2ccc(C)cc2)CC(=O)CC12CCCCC2. The lowest BCUT2D eigenvalue weighted by molar-refractivity contribution is -0.157. The number of aryl methyl sites for hydroxylation is 1. The maximum atomic E-state index is 13.2. The molecule has 2 aliphatic rings. The molecular weight excluding hydrogens is 338 g/mol. The van der Waals surface area contributed by atoms with Crippen LogP contribution < -0.4 is 0 Å². The van der Waals surface area contributed by atoms with Crippen LogP contribution >= 0.6 is 0 Å². The molecule has 1 saturated carbocycles. The molecule has 1 aliphatic heterocycles. The maximum Gasteiger partial charge on any atom is 0.245 e. The molecule has 0 bridgehead atoms. The fraction of sp³-hybridized carbons (Fsp3) is 0.632. The van der Waals surface area contributed by atoms with Gasteiger partial charge in [0.05, 0.1) is 11.4 Å². The van der Waals surface area contributed by atoms with Gasteiger partial charge in [-0.2, -0.15) is 4.31 Å². The van der Waals surface area contributed by atoms with E-state index in [0.29, 0.717) is 13.0 Å². The third-order valence-electron chi connectivity index (χ3n) is 5.47. The number of sulfonamides is 1. The summed E-state index contributed by atoms with van der Waals surface area (Å²) in [6.45, 7) is 4.13. The summed E-state index contributed by atoms with van der Waals surface area (Å²) in [6.07, 6.45) is 4.76. The van der Waals surface area contributed by atoms with Crippen LogP contribution in [0, 0.1) is 12.3 Å².